The first kappa shape index (κ1) is 16.9. The monoisotopic (exact) mass is 334 g/mol. The molecule has 1 aromatic carbocycles. The predicted molar refractivity (Wildman–Crippen MR) is 88.6 cm³/mol. The lowest BCUT2D eigenvalue weighted by atomic mass is 10.1. The molecule has 0 aliphatic rings. The molecule has 2 amide bonds. The zero-order chi connectivity index (χ0) is 16.5. The van der Waals surface area contributed by atoms with E-state index in [0.717, 1.165) is 11.1 Å². The lowest BCUT2D eigenvalue weighted by Gasteiger charge is -2.08. The first-order valence-corrected chi connectivity index (χ1v) is 8.22. The van der Waals surface area contributed by atoms with E-state index in [1.54, 1.807) is 24.5 Å². The van der Waals surface area contributed by atoms with Gasteiger partial charge >= 0.3 is 6.03 Å². The van der Waals surface area contributed by atoms with Gasteiger partial charge in [0.05, 0.1) is 0 Å². The molecule has 0 fully saturated rings. The number of carbonyl (C=O) groups excluding carboxylic acids is 1. The fourth-order valence-corrected chi connectivity index (χ4v) is 2.20. The van der Waals surface area contributed by atoms with Crippen LogP contribution in [0.15, 0.2) is 48.8 Å². The summed E-state index contributed by atoms with van der Waals surface area (Å²) in [7, 11) is -2.56. The van der Waals surface area contributed by atoms with Gasteiger partial charge in [-0.2, -0.15) is 0 Å². The Labute approximate surface area is 136 Å². The fourth-order valence-electron chi connectivity index (χ4n) is 1.91. The Morgan fingerprint density at radius 1 is 1.09 bits per heavy atom. The summed E-state index contributed by atoms with van der Waals surface area (Å²) >= 11 is 0. The van der Waals surface area contributed by atoms with Gasteiger partial charge in [0.15, 0.2) is 0 Å². The van der Waals surface area contributed by atoms with Crippen LogP contribution in [0, 0.1) is 0 Å². The van der Waals surface area contributed by atoms with Gasteiger partial charge in [0.1, 0.15) is 0 Å². The van der Waals surface area contributed by atoms with Gasteiger partial charge in [0.25, 0.3) is 0 Å². The molecule has 0 radical (unpaired) electrons. The molecule has 2 aromatic rings. The van der Waals surface area contributed by atoms with Crippen molar-refractivity contribution in [2.45, 2.75) is 13.0 Å². The number of carbonyl (C=O) groups is 1. The van der Waals surface area contributed by atoms with Crippen molar-refractivity contribution in [2.75, 3.05) is 11.9 Å². The zero-order valence-corrected chi connectivity index (χ0v) is 13.3. The number of hydrogen-bond donors (Lipinski definition) is 4. The molecular weight excluding hydrogens is 316 g/mol. The standard InChI is InChI=1S/C15H18N4O3S/c20-15(17-11-13-2-1-8-16-10-13)19-14-5-3-12(4-6-14)7-9-18-23(21)22/h1-6,8,10,23H,7,9,11H2,(H2,17,19,20)(H,18,21,22). The Hall–Kier alpha value is -2.45. The minimum Gasteiger partial charge on any atom is -0.334 e. The van der Waals surface area contributed by atoms with Crippen LogP contribution < -0.4 is 15.4 Å². The van der Waals surface area contributed by atoms with Crippen LogP contribution in [-0.2, 0) is 23.9 Å². The first-order valence-electron chi connectivity index (χ1n) is 7.04. The molecule has 0 saturated heterocycles. The van der Waals surface area contributed by atoms with Gasteiger partial charge in [-0.15, -0.1) is 0 Å². The van der Waals surface area contributed by atoms with Crippen molar-refractivity contribution in [3.8, 4) is 0 Å². The van der Waals surface area contributed by atoms with Crippen molar-refractivity contribution in [1.82, 2.24) is 15.0 Å². The average molecular weight is 334 g/mol. The number of aromatic nitrogens is 1. The van der Waals surface area contributed by atoms with E-state index < -0.39 is 10.9 Å². The third kappa shape index (κ3) is 6.45. The van der Waals surface area contributed by atoms with Gasteiger partial charge in [-0.3, -0.25) is 4.98 Å². The van der Waals surface area contributed by atoms with Gasteiger partial charge in [0.2, 0.25) is 10.9 Å². The number of thiol groups is 1. The minimum absolute atomic E-state index is 0.299. The maximum absolute atomic E-state index is 11.8. The molecule has 23 heavy (non-hydrogen) atoms. The third-order valence-corrected chi connectivity index (χ3v) is 3.52. The van der Waals surface area contributed by atoms with Gasteiger partial charge in [-0.05, 0) is 35.7 Å². The van der Waals surface area contributed by atoms with Crippen molar-refractivity contribution in [2.24, 2.45) is 0 Å². The van der Waals surface area contributed by atoms with Crippen molar-refractivity contribution in [1.29, 1.82) is 0 Å². The largest absolute Gasteiger partial charge is 0.334 e. The van der Waals surface area contributed by atoms with Crippen LogP contribution in [0.3, 0.4) is 0 Å². The van der Waals surface area contributed by atoms with E-state index in [4.69, 9.17) is 0 Å². The van der Waals surface area contributed by atoms with Crippen LogP contribution >= 0.6 is 0 Å². The molecule has 0 saturated carbocycles. The lowest BCUT2D eigenvalue weighted by Crippen LogP contribution is -2.28. The second kappa shape index (κ2) is 8.86. The number of pyridine rings is 1. The van der Waals surface area contributed by atoms with E-state index >= 15 is 0 Å². The molecule has 8 heteroatoms. The molecule has 1 heterocycles. The van der Waals surface area contributed by atoms with E-state index in [1.807, 2.05) is 24.3 Å². The number of nitrogens with one attached hydrogen (secondary N) is 3. The highest BCUT2D eigenvalue weighted by atomic mass is 32.2. The molecule has 1 aromatic heterocycles. The summed E-state index contributed by atoms with van der Waals surface area (Å²) < 4.78 is 23.1. The molecule has 0 aliphatic heterocycles. The average Bonchev–Trinajstić information content (AvgIpc) is 2.55. The smallest absolute Gasteiger partial charge is 0.319 e. The molecule has 122 valence electrons. The highest BCUT2D eigenvalue weighted by Crippen LogP contribution is 2.09. The van der Waals surface area contributed by atoms with Crippen LogP contribution in [0.1, 0.15) is 11.1 Å². The van der Waals surface area contributed by atoms with Crippen LogP contribution in [0.25, 0.3) is 0 Å². The molecule has 7 nitrogen and oxygen atoms in total. The number of nitrogens with zero attached hydrogens (tertiary/aromatic N) is 1. The summed E-state index contributed by atoms with van der Waals surface area (Å²) in [6, 6.07) is 10.6. The Morgan fingerprint density at radius 2 is 1.87 bits per heavy atom. The minimum atomic E-state index is -2.56. The van der Waals surface area contributed by atoms with Crippen LogP contribution in [0.2, 0.25) is 0 Å². The maximum atomic E-state index is 11.8. The van der Waals surface area contributed by atoms with Gasteiger partial charge < -0.3 is 10.6 Å². The second-order valence-corrected chi connectivity index (χ2v) is 5.61. The SMILES string of the molecule is O=C(NCc1cccnc1)Nc1ccc(CCN[SH](=O)=O)cc1. The number of benzene rings is 1. The Morgan fingerprint density at radius 3 is 2.52 bits per heavy atom. The summed E-state index contributed by atoms with van der Waals surface area (Å²) in [6.07, 6.45) is 3.96. The van der Waals surface area contributed by atoms with E-state index in [-0.39, 0.29) is 6.03 Å². The van der Waals surface area contributed by atoms with Crippen molar-refractivity contribution < 1.29 is 13.2 Å². The highest BCUT2D eigenvalue weighted by Gasteiger charge is 2.02. The maximum Gasteiger partial charge on any atom is 0.319 e. The van der Waals surface area contributed by atoms with Crippen LogP contribution in [0.4, 0.5) is 10.5 Å². The zero-order valence-electron chi connectivity index (χ0n) is 12.4. The van der Waals surface area contributed by atoms with Crippen molar-refractivity contribution >= 4 is 22.6 Å². The molecular formula is C15H18N4O3S. The summed E-state index contributed by atoms with van der Waals surface area (Å²) in [4.78, 5) is 15.8. The Kier molecular flexibility index (Phi) is 6.52. The number of amides is 2. The molecule has 2 rings (SSSR count). The molecule has 3 N–H and O–H groups in total. The summed E-state index contributed by atoms with van der Waals surface area (Å²) in [5.74, 6) is 0. The number of rotatable bonds is 7. The summed E-state index contributed by atoms with van der Waals surface area (Å²) in [5.41, 5.74) is 2.57. The van der Waals surface area contributed by atoms with Gasteiger partial charge in [0, 0.05) is 31.2 Å². The highest BCUT2D eigenvalue weighted by molar-refractivity contribution is 7.70. The quantitative estimate of drug-likeness (QED) is 0.569. The third-order valence-electron chi connectivity index (χ3n) is 3.04. The molecule has 0 spiro atoms. The fraction of sp³-hybridized carbons (Fsp3) is 0.200. The van der Waals surface area contributed by atoms with Crippen LogP contribution in [0.5, 0.6) is 0 Å². The molecule has 0 aliphatic carbocycles. The number of anilines is 1. The number of urea groups is 1. The summed E-state index contributed by atoms with van der Waals surface area (Å²) in [5, 5.41) is 5.47. The van der Waals surface area contributed by atoms with E-state index in [9.17, 15) is 13.2 Å². The van der Waals surface area contributed by atoms with Gasteiger partial charge in [-0.25, -0.2) is 17.9 Å². The molecule has 0 bridgehead atoms. The van der Waals surface area contributed by atoms with Crippen molar-refractivity contribution in [3.63, 3.8) is 0 Å². The Bertz CT molecular complexity index is 694. The van der Waals surface area contributed by atoms with E-state index in [1.165, 1.54) is 0 Å². The lowest BCUT2D eigenvalue weighted by molar-refractivity contribution is 0.251. The van der Waals surface area contributed by atoms with E-state index in [0.29, 0.717) is 25.2 Å². The van der Waals surface area contributed by atoms with Gasteiger partial charge in [-0.1, -0.05) is 18.2 Å². The second-order valence-electron chi connectivity index (χ2n) is 4.78. The molecule has 0 atom stereocenters. The Balaban J connectivity index is 1.77. The predicted octanol–water partition coefficient (Wildman–Crippen LogP) is 1.06. The molecule has 0 unspecified atom stereocenters. The normalized spacial score (nSPS) is 10.5. The van der Waals surface area contributed by atoms with Crippen molar-refractivity contribution in [3.05, 3.63) is 59.9 Å². The van der Waals surface area contributed by atoms with E-state index in [2.05, 4.69) is 20.3 Å². The number of hydrogen-bond acceptors (Lipinski definition) is 4. The topological polar surface area (TPSA) is 100 Å². The van der Waals surface area contributed by atoms with Crippen LogP contribution in [-0.4, -0.2) is 26.0 Å². The summed E-state index contributed by atoms with van der Waals surface area (Å²) in [6.45, 7) is 0.758. The first-order chi connectivity index (χ1) is 11.1.